The summed E-state index contributed by atoms with van der Waals surface area (Å²) in [5, 5.41) is 15.1. The van der Waals surface area contributed by atoms with E-state index in [0.717, 1.165) is 12.3 Å². The normalized spacial score (nSPS) is 18.0. The number of carbonyl (C=O) groups excluding carboxylic acids is 3. The second-order valence-corrected chi connectivity index (χ2v) is 4.36. The molecular weight excluding hydrogens is 282 g/mol. The predicted octanol–water partition coefficient (Wildman–Crippen LogP) is -0.893. The maximum absolute atomic E-state index is 12.0. The van der Waals surface area contributed by atoms with Crippen molar-refractivity contribution in [1.82, 2.24) is 15.6 Å². The van der Waals surface area contributed by atoms with Crippen molar-refractivity contribution in [2.75, 3.05) is 5.73 Å². The lowest BCUT2D eigenvalue weighted by molar-refractivity contribution is -0.385. The highest BCUT2D eigenvalue weighted by atomic mass is 16.6. The van der Waals surface area contributed by atoms with Crippen molar-refractivity contribution in [1.29, 1.82) is 0 Å². The molecule has 1 aliphatic rings. The van der Waals surface area contributed by atoms with Crippen LogP contribution in [-0.2, 0) is 9.59 Å². The van der Waals surface area contributed by atoms with Gasteiger partial charge in [-0.05, 0) is 6.42 Å². The second-order valence-electron chi connectivity index (χ2n) is 4.36. The molecule has 10 nitrogen and oxygen atoms in total. The zero-order valence-corrected chi connectivity index (χ0v) is 10.7. The number of rotatable bonds is 3. The van der Waals surface area contributed by atoms with Gasteiger partial charge in [0.1, 0.15) is 18.1 Å². The van der Waals surface area contributed by atoms with Crippen molar-refractivity contribution < 1.29 is 19.3 Å². The zero-order valence-electron chi connectivity index (χ0n) is 10.7. The molecule has 2 rings (SSSR count). The van der Waals surface area contributed by atoms with Crippen LogP contribution in [0.15, 0.2) is 12.3 Å². The molecule has 0 bridgehead atoms. The summed E-state index contributed by atoms with van der Waals surface area (Å²) < 4.78 is 0. The van der Waals surface area contributed by atoms with Crippen molar-refractivity contribution in [2.45, 2.75) is 18.9 Å². The van der Waals surface area contributed by atoms with Crippen molar-refractivity contribution in [2.24, 2.45) is 0 Å². The molecule has 0 saturated carbocycles. The molecule has 0 spiro atoms. The van der Waals surface area contributed by atoms with E-state index in [4.69, 9.17) is 5.73 Å². The Bertz CT molecular complexity index is 644. The Kier molecular flexibility index (Phi) is 3.78. The van der Waals surface area contributed by atoms with Crippen LogP contribution < -0.4 is 16.4 Å². The Labute approximate surface area is 117 Å². The number of imide groups is 1. The lowest BCUT2D eigenvalue weighted by Gasteiger charge is -2.21. The Morgan fingerprint density at radius 2 is 2.24 bits per heavy atom. The molecule has 110 valence electrons. The highest BCUT2D eigenvalue weighted by molar-refractivity contribution is 6.05. The van der Waals surface area contributed by atoms with Gasteiger partial charge in [-0.2, -0.15) is 0 Å². The van der Waals surface area contributed by atoms with Crippen LogP contribution in [0.5, 0.6) is 0 Å². The Hall–Kier alpha value is -3.04. The van der Waals surface area contributed by atoms with Gasteiger partial charge in [0.15, 0.2) is 0 Å². The van der Waals surface area contributed by atoms with E-state index in [1.807, 2.05) is 0 Å². The van der Waals surface area contributed by atoms with Crippen LogP contribution >= 0.6 is 0 Å². The monoisotopic (exact) mass is 293 g/mol. The number of nitrogen functional groups attached to an aromatic ring is 1. The van der Waals surface area contributed by atoms with E-state index < -0.39 is 34.4 Å². The van der Waals surface area contributed by atoms with Crippen LogP contribution in [0, 0.1) is 10.1 Å². The van der Waals surface area contributed by atoms with Crippen LogP contribution in [0.1, 0.15) is 23.2 Å². The molecule has 1 aliphatic heterocycles. The smallest absolute Gasteiger partial charge is 0.288 e. The molecule has 0 aromatic carbocycles. The number of carbonyl (C=O) groups is 3. The van der Waals surface area contributed by atoms with Gasteiger partial charge in [0.05, 0.1) is 10.5 Å². The van der Waals surface area contributed by atoms with Crippen LogP contribution in [0.3, 0.4) is 0 Å². The summed E-state index contributed by atoms with van der Waals surface area (Å²) in [5.41, 5.74) is 4.91. The van der Waals surface area contributed by atoms with Gasteiger partial charge in [-0.25, -0.2) is 4.98 Å². The number of nitrogens with one attached hydrogen (secondary N) is 2. The first-order valence-electron chi connectivity index (χ1n) is 5.93. The minimum Gasteiger partial charge on any atom is -0.383 e. The van der Waals surface area contributed by atoms with Crippen LogP contribution in [0.4, 0.5) is 11.5 Å². The van der Waals surface area contributed by atoms with E-state index in [1.165, 1.54) is 0 Å². The van der Waals surface area contributed by atoms with E-state index in [2.05, 4.69) is 15.6 Å². The zero-order chi connectivity index (χ0) is 15.6. The molecule has 10 heteroatoms. The number of hydrogen-bond acceptors (Lipinski definition) is 7. The second kappa shape index (κ2) is 5.53. The number of nitrogens with two attached hydrogens (primary N) is 1. The van der Waals surface area contributed by atoms with E-state index in [0.29, 0.717) is 0 Å². The first-order chi connectivity index (χ1) is 9.88. The van der Waals surface area contributed by atoms with Crippen molar-refractivity contribution >= 4 is 29.2 Å². The van der Waals surface area contributed by atoms with Gasteiger partial charge in [-0.3, -0.25) is 29.8 Å². The molecular formula is C11H11N5O5. The molecule has 0 aliphatic carbocycles. The number of pyridine rings is 1. The van der Waals surface area contributed by atoms with Crippen LogP contribution in [0.2, 0.25) is 0 Å². The summed E-state index contributed by atoms with van der Waals surface area (Å²) in [5.74, 6) is -2.00. The third kappa shape index (κ3) is 3.11. The summed E-state index contributed by atoms with van der Waals surface area (Å²) in [7, 11) is 0. The molecule has 21 heavy (non-hydrogen) atoms. The van der Waals surface area contributed by atoms with Gasteiger partial charge in [0, 0.05) is 12.5 Å². The molecule has 2 heterocycles. The molecule has 1 fully saturated rings. The lowest BCUT2D eigenvalue weighted by Crippen LogP contribution is -2.52. The summed E-state index contributed by atoms with van der Waals surface area (Å²) in [4.78, 5) is 48.1. The summed E-state index contributed by atoms with van der Waals surface area (Å²) >= 11 is 0. The molecule has 1 unspecified atom stereocenters. The maximum atomic E-state index is 12.0. The number of nitro groups is 1. The summed E-state index contributed by atoms with van der Waals surface area (Å²) in [6.45, 7) is 0. The average Bonchev–Trinajstić information content (AvgIpc) is 2.42. The first kappa shape index (κ1) is 14.4. The molecule has 3 amide bonds. The minimum atomic E-state index is -0.895. The van der Waals surface area contributed by atoms with E-state index in [-0.39, 0.29) is 24.2 Å². The standard InChI is InChI=1S/C11H11N5O5/c12-9-6(3-5(4-13-9)16(20)21)10(18)14-7-1-2-8(17)15-11(7)19/h3-4,7H,1-2H2,(H2,12,13)(H,14,18)(H,15,17,19). The number of nitrogens with zero attached hydrogens (tertiary/aromatic N) is 2. The van der Waals surface area contributed by atoms with Gasteiger partial charge in [-0.15, -0.1) is 0 Å². The Morgan fingerprint density at radius 1 is 1.52 bits per heavy atom. The lowest BCUT2D eigenvalue weighted by atomic mass is 10.1. The fourth-order valence-electron chi connectivity index (χ4n) is 1.81. The first-order valence-corrected chi connectivity index (χ1v) is 5.93. The number of anilines is 1. The maximum Gasteiger partial charge on any atom is 0.288 e. The highest BCUT2D eigenvalue weighted by Crippen LogP contribution is 2.17. The Morgan fingerprint density at radius 3 is 2.86 bits per heavy atom. The van der Waals surface area contributed by atoms with E-state index >= 15 is 0 Å². The van der Waals surface area contributed by atoms with Crippen LogP contribution in [0.25, 0.3) is 0 Å². The predicted molar refractivity (Wildman–Crippen MR) is 68.9 cm³/mol. The van der Waals surface area contributed by atoms with Gasteiger partial charge in [0.25, 0.3) is 11.6 Å². The number of amides is 3. The van der Waals surface area contributed by atoms with Crippen molar-refractivity contribution in [3.8, 4) is 0 Å². The Balaban J connectivity index is 2.17. The SMILES string of the molecule is Nc1ncc([N+](=O)[O-])cc1C(=O)NC1CCC(=O)NC1=O. The highest BCUT2D eigenvalue weighted by Gasteiger charge is 2.29. The van der Waals surface area contributed by atoms with Gasteiger partial charge in [-0.1, -0.05) is 0 Å². The quantitative estimate of drug-likeness (QED) is 0.370. The summed E-state index contributed by atoms with van der Waals surface area (Å²) in [6.07, 6.45) is 1.18. The fourth-order valence-corrected chi connectivity index (χ4v) is 1.81. The fraction of sp³-hybridized carbons (Fsp3) is 0.273. The largest absolute Gasteiger partial charge is 0.383 e. The minimum absolute atomic E-state index is 0.0966. The van der Waals surface area contributed by atoms with Gasteiger partial charge < -0.3 is 11.1 Å². The van der Waals surface area contributed by atoms with Gasteiger partial charge >= 0.3 is 0 Å². The average molecular weight is 293 g/mol. The molecule has 0 radical (unpaired) electrons. The topological polar surface area (TPSA) is 157 Å². The van der Waals surface area contributed by atoms with E-state index in [1.54, 1.807) is 0 Å². The molecule has 1 atom stereocenters. The summed E-state index contributed by atoms with van der Waals surface area (Å²) in [6, 6.07) is 0.0812. The van der Waals surface area contributed by atoms with E-state index in [9.17, 15) is 24.5 Å². The number of hydrogen-bond donors (Lipinski definition) is 3. The van der Waals surface area contributed by atoms with Gasteiger partial charge in [0.2, 0.25) is 11.8 Å². The third-order valence-electron chi connectivity index (χ3n) is 2.90. The van der Waals surface area contributed by atoms with Crippen molar-refractivity contribution in [3.63, 3.8) is 0 Å². The molecule has 1 aromatic heterocycles. The van der Waals surface area contributed by atoms with Crippen LogP contribution in [-0.4, -0.2) is 33.7 Å². The molecule has 1 aromatic rings. The number of aromatic nitrogens is 1. The third-order valence-corrected chi connectivity index (χ3v) is 2.90. The molecule has 1 saturated heterocycles. The molecule has 4 N–H and O–H groups in total. The van der Waals surface area contributed by atoms with Crippen molar-refractivity contribution in [3.05, 3.63) is 27.9 Å². The number of piperidine rings is 1.